The van der Waals surface area contributed by atoms with E-state index in [4.69, 9.17) is 8.83 Å². The quantitative estimate of drug-likeness (QED) is 0.868. The van der Waals surface area contributed by atoms with Crippen molar-refractivity contribution in [3.8, 4) is 0 Å². The number of likely N-dealkylation sites (tertiary alicyclic amines) is 1. The summed E-state index contributed by atoms with van der Waals surface area (Å²) in [5.41, 5.74) is 0. The highest BCUT2D eigenvalue weighted by Gasteiger charge is 2.34. The van der Waals surface area contributed by atoms with Crippen LogP contribution in [0.3, 0.4) is 0 Å². The Morgan fingerprint density at radius 1 is 1.33 bits per heavy atom. The van der Waals surface area contributed by atoms with Gasteiger partial charge in [0.15, 0.2) is 5.76 Å². The fraction of sp³-hybridized carbons (Fsp3) is 0.357. The summed E-state index contributed by atoms with van der Waals surface area (Å²) in [5, 5.41) is -0.195. The second-order valence-corrected chi connectivity index (χ2v) is 7.01. The number of sulfone groups is 1. The molecule has 3 rings (SSSR count). The molecule has 1 aliphatic heterocycles. The SMILES string of the molecule is CS(=O)(=O)c1ccc(C(=O)N2CCCC2c2ccco2)o1. The number of carbonyl (C=O) groups excluding carboxylic acids is 1. The lowest BCUT2D eigenvalue weighted by Crippen LogP contribution is -2.30. The Kier molecular flexibility index (Phi) is 3.36. The Morgan fingerprint density at radius 3 is 2.76 bits per heavy atom. The first-order chi connectivity index (χ1) is 9.97. The number of carbonyl (C=O) groups is 1. The van der Waals surface area contributed by atoms with Crippen molar-refractivity contribution < 1.29 is 22.0 Å². The maximum atomic E-state index is 12.5. The number of hydrogen-bond donors (Lipinski definition) is 0. The van der Waals surface area contributed by atoms with Crippen LogP contribution in [-0.4, -0.2) is 32.0 Å². The van der Waals surface area contributed by atoms with Gasteiger partial charge in [0.05, 0.1) is 12.3 Å². The number of hydrogen-bond acceptors (Lipinski definition) is 5. The first-order valence-electron chi connectivity index (χ1n) is 6.61. The third-order valence-electron chi connectivity index (χ3n) is 3.54. The molecule has 2 aromatic heterocycles. The Balaban J connectivity index is 1.86. The number of amides is 1. The van der Waals surface area contributed by atoms with E-state index in [1.807, 2.05) is 6.07 Å². The molecule has 1 unspecified atom stereocenters. The van der Waals surface area contributed by atoms with Crippen LogP contribution < -0.4 is 0 Å². The van der Waals surface area contributed by atoms with Gasteiger partial charge in [0.1, 0.15) is 5.76 Å². The van der Waals surface area contributed by atoms with Crippen LogP contribution in [-0.2, 0) is 9.84 Å². The lowest BCUT2D eigenvalue weighted by molar-refractivity contribution is 0.0682. The maximum absolute atomic E-state index is 12.5. The monoisotopic (exact) mass is 309 g/mol. The van der Waals surface area contributed by atoms with Crippen molar-refractivity contribution in [2.24, 2.45) is 0 Å². The molecule has 7 heteroatoms. The van der Waals surface area contributed by atoms with Gasteiger partial charge in [-0.1, -0.05) is 0 Å². The number of rotatable bonds is 3. The molecule has 6 nitrogen and oxygen atoms in total. The Hall–Kier alpha value is -2.02. The molecular weight excluding hydrogens is 294 g/mol. The lowest BCUT2D eigenvalue weighted by atomic mass is 10.1. The number of furan rings is 2. The minimum atomic E-state index is -3.45. The summed E-state index contributed by atoms with van der Waals surface area (Å²) in [6.45, 7) is 0.596. The molecule has 1 fully saturated rings. The third kappa shape index (κ3) is 2.61. The fourth-order valence-electron chi connectivity index (χ4n) is 2.56. The third-order valence-corrected chi connectivity index (χ3v) is 4.49. The Bertz CT molecular complexity index is 744. The van der Waals surface area contributed by atoms with E-state index in [0.29, 0.717) is 6.54 Å². The van der Waals surface area contributed by atoms with Crippen LogP contribution in [0.1, 0.15) is 35.2 Å². The molecule has 2 aromatic rings. The van der Waals surface area contributed by atoms with Gasteiger partial charge < -0.3 is 13.7 Å². The van der Waals surface area contributed by atoms with Crippen LogP contribution in [0.4, 0.5) is 0 Å². The van der Waals surface area contributed by atoms with Gasteiger partial charge >= 0.3 is 0 Å². The minimum Gasteiger partial charge on any atom is -0.467 e. The normalized spacial score (nSPS) is 19.1. The molecule has 1 saturated heterocycles. The van der Waals surface area contributed by atoms with Gasteiger partial charge in [-0.2, -0.15) is 0 Å². The summed E-state index contributed by atoms with van der Waals surface area (Å²) in [4.78, 5) is 14.1. The van der Waals surface area contributed by atoms with E-state index in [9.17, 15) is 13.2 Å². The Morgan fingerprint density at radius 2 is 2.14 bits per heavy atom. The van der Waals surface area contributed by atoms with Gasteiger partial charge in [-0.15, -0.1) is 0 Å². The predicted molar refractivity (Wildman–Crippen MR) is 73.5 cm³/mol. The first-order valence-corrected chi connectivity index (χ1v) is 8.50. The zero-order chi connectivity index (χ0) is 15.0. The second-order valence-electron chi connectivity index (χ2n) is 5.06. The van der Waals surface area contributed by atoms with Crippen LogP contribution in [0.2, 0.25) is 0 Å². The van der Waals surface area contributed by atoms with Crippen molar-refractivity contribution in [2.45, 2.75) is 24.0 Å². The van der Waals surface area contributed by atoms with E-state index in [0.717, 1.165) is 24.9 Å². The van der Waals surface area contributed by atoms with Crippen molar-refractivity contribution in [2.75, 3.05) is 12.8 Å². The molecular formula is C14H15NO5S. The average molecular weight is 309 g/mol. The van der Waals surface area contributed by atoms with Crippen molar-refractivity contribution >= 4 is 15.7 Å². The average Bonchev–Trinajstić information content (AvgIpc) is 3.16. The van der Waals surface area contributed by atoms with Crippen LogP contribution in [0.15, 0.2) is 44.5 Å². The van der Waals surface area contributed by atoms with Gasteiger partial charge in [-0.3, -0.25) is 4.79 Å². The van der Waals surface area contributed by atoms with E-state index < -0.39 is 9.84 Å². The molecule has 0 aromatic carbocycles. The molecule has 0 N–H and O–H groups in total. The van der Waals surface area contributed by atoms with Crippen LogP contribution in [0.5, 0.6) is 0 Å². The smallest absolute Gasteiger partial charge is 0.290 e. The zero-order valence-electron chi connectivity index (χ0n) is 11.5. The minimum absolute atomic E-state index is 0.0360. The van der Waals surface area contributed by atoms with Crippen LogP contribution in [0, 0.1) is 0 Å². The fourth-order valence-corrected chi connectivity index (χ4v) is 3.12. The van der Waals surface area contributed by atoms with Gasteiger partial charge in [-0.05, 0) is 37.1 Å². The van der Waals surface area contributed by atoms with Gasteiger partial charge in [0.2, 0.25) is 14.9 Å². The summed E-state index contributed by atoms with van der Waals surface area (Å²) in [6.07, 6.45) is 4.31. The summed E-state index contributed by atoms with van der Waals surface area (Å²) >= 11 is 0. The highest BCUT2D eigenvalue weighted by Crippen LogP contribution is 2.33. The molecule has 112 valence electrons. The van der Waals surface area contributed by atoms with E-state index >= 15 is 0 Å². The largest absolute Gasteiger partial charge is 0.467 e. The summed E-state index contributed by atoms with van der Waals surface area (Å²) in [7, 11) is -3.45. The lowest BCUT2D eigenvalue weighted by Gasteiger charge is -2.21. The van der Waals surface area contributed by atoms with Gasteiger partial charge in [0, 0.05) is 12.8 Å². The first kappa shape index (κ1) is 13.9. The van der Waals surface area contributed by atoms with Gasteiger partial charge in [0.25, 0.3) is 5.91 Å². The van der Waals surface area contributed by atoms with E-state index in [2.05, 4.69) is 0 Å². The molecule has 1 atom stereocenters. The van der Waals surface area contributed by atoms with Crippen molar-refractivity contribution in [3.63, 3.8) is 0 Å². The Labute approximate surface area is 122 Å². The standard InChI is InChI=1S/C14H15NO5S/c1-21(17,18)13-7-6-12(20-13)14(16)15-8-2-4-10(15)11-5-3-9-19-11/h3,5-7,9-10H,2,4,8H2,1H3. The summed E-state index contributed by atoms with van der Waals surface area (Å²) < 4.78 is 33.4. The zero-order valence-corrected chi connectivity index (χ0v) is 12.3. The van der Waals surface area contributed by atoms with E-state index in [1.54, 1.807) is 17.2 Å². The molecule has 1 amide bonds. The van der Waals surface area contributed by atoms with Crippen molar-refractivity contribution in [1.29, 1.82) is 0 Å². The van der Waals surface area contributed by atoms with Crippen LogP contribution in [0.25, 0.3) is 0 Å². The number of nitrogens with zero attached hydrogens (tertiary/aromatic N) is 1. The molecule has 0 radical (unpaired) electrons. The predicted octanol–water partition coefficient (Wildman–Crippen LogP) is 2.25. The molecule has 0 bridgehead atoms. The van der Waals surface area contributed by atoms with E-state index in [1.165, 1.54) is 12.1 Å². The summed E-state index contributed by atoms with van der Waals surface area (Å²) in [6, 6.07) is 6.20. The maximum Gasteiger partial charge on any atom is 0.290 e. The highest BCUT2D eigenvalue weighted by molar-refractivity contribution is 7.90. The van der Waals surface area contributed by atoms with Crippen molar-refractivity contribution in [3.05, 3.63) is 42.0 Å². The molecule has 0 spiro atoms. The second kappa shape index (κ2) is 5.07. The summed E-state index contributed by atoms with van der Waals surface area (Å²) in [5.74, 6) is 0.452. The molecule has 1 aliphatic rings. The van der Waals surface area contributed by atoms with Crippen LogP contribution >= 0.6 is 0 Å². The molecule has 21 heavy (non-hydrogen) atoms. The van der Waals surface area contributed by atoms with Gasteiger partial charge in [-0.25, -0.2) is 8.42 Å². The topological polar surface area (TPSA) is 80.7 Å². The van der Waals surface area contributed by atoms with Crippen molar-refractivity contribution in [1.82, 2.24) is 4.90 Å². The molecule has 0 aliphatic carbocycles. The van der Waals surface area contributed by atoms with E-state index in [-0.39, 0.29) is 22.8 Å². The highest BCUT2D eigenvalue weighted by atomic mass is 32.2. The molecule has 0 saturated carbocycles. The molecule has 3 heterocycles.